The van der Waals surface area contributed by atoms with Crippen LogP contribution in [0.2, 0.25) is 5.02 Å². The third-order valence-corrected chi connectivity index (χ3v) is 3.92. The lowest BCUT2D eigenvalue weighted by atomic mass is 10.1. The molecule has 0 unspecified atom stereocenters. The Bertz CT molecular complexity index is 820. The second-order valence-corrected chi connectivity index (χ2v) is 5.89. The molecule has 2 aromatic carbocycles. The van der Waals surface area contributed by atoms with Gasteiger partial charge in [0, 0.05) is 26.0 Å². The highest BCUT2D eigenvalue weighted by Gasteiger charge is 2.19. The fourth-order valence-electron chi connectivity index (χ4n) is 2.18. The molecule has 3 rings (SSSR count). The molecular formula is C16H10BrClO2. The third-order valence-electron chi connectivity index (χ3n) is 3.19. The van der Waals surface area contributed by atoms with E-state index < -0.39 is 0 Å². The van der Waals surface area contributed by atoms with E-state index in [1.807, 2.05) is 25.1 Å². The van der Waals surface area contributed by atoms with Crippen LogP contribution in [0.1, 0.15) is 21.7 Å². The standard InChI is InChI=1S/C16H10BrClO2/c1-9-13-6-5-11(17)8-14(13)20-16(9)15(19)10-3-2-4-12(18)7-10/h2-8H,1H3. The second-order valence-electron chi connectivity index (χ2n) is 4.54. The molecule has 0 saturated carbocycles. The highest BCUT2D eigenvalue weighted by Crippen LogP contribution is 2.29. The summed E-state index contributed by atoms with van der Waals surface area (Å²) in [6.07, 6.45) is 0. The van der Waals surface area contributed by atoms with Crippen LogP contribution < -0.4 is 0 Å². The van der Waals surface area contributed by atoms with Crippen molar-refractivity contribution in [1.82, 2.24) is 0 Å². The highest BCUT2D eigenvalue weighted by atomic mass is 79.9. The number of benzene rings is 2. The number of carbonyl (C=O) groups is 1. The van der Waals surface area contributed by atoms with E-state index in [4.69, 9.17) is 16.0 Å². The van der Waals surface area contributed by atoms with Crippen LogP contribution in [0.4, 0.5) is 0 Å². The molecule has 0 radical (unpaired) electrons. The summed E-state index contributed by atoms with van der Waals surface area (Å²) >= 11 is 9.32. The van der Waals surface area contributed by atoms with Gasteiger partial charge in [0.25, 0.3) is 0 Å². The summed E-state index contributed by atoms with van der Waals surface area (Å²) in [5.74, 6) is 0.206. The Labute approximate surface area is 129 Å². The number of halogens is 2. The van der Waals surface area contributed by atoms with Crippen LogP contribution >= 0.6 is 27.5 Å². The molecule has 0 saturated heterocycles. The lowest BCUT2D eigenvalue weighted by Gasteiger charge is -1.99. The molecule has 1 aromatic heterocycles. The van der Waals surface area contributed by atoms with Crippen LogP contribution in [0.3, 0.4) is 0 Å². The maximum absolute atomic E-state index is 12.5. The molecule has 20 heavy (non-hydrogen) atoms. The smallest absolute Gasteiger partial charge is 0.228 e. The van der Waals surface area contributed by atoms with Crippen LogP contribution in [-0.2, 0) is 0 Å². The first-order valence-electron chi connectivity index (χ1n) is 6.05. The van der Waals surface area contributed by atoms with E-state index in [-0.39, 0.29) is 5.78 Å². The van der Waals surface area contributed by atoms with Gasteiger partial charge >= 0.3 is 0 Å². The summed E-state index contributed by atoms with van der Waals surface area (Å²) in [6, 6.07) is 12.6. The van der Waals surface area contributed by atoms with Crippen molar-refractivity contribution in [1.29, 1.82) is 0 Å². The molecule has 0 aliphatic heterocycles. The zero-order valence-corrected chi connectivity index (χ0v) is 13.0. The molecule has 0 aliphatic rings. The van der Waals surface area contributed by atoms with Crippen LogP contribution in [0.25, 0.3) is 11.0 Å². The van der Waals surface area contributed by atoms with Crippen molar-refractivity contribution in [3.63, 3.8) is 0 Å². The number of carbonyl (C=O) groups excluding carboxylic acids is 1. The predicted octanol–water partition coefficient (Wildman–Crippen LogP) is 5.39. The summed E-state index contributed by atoms with van der Waals surface area (Å²) < 4.78 is 6.63. The van der Waals surface area contributed by atoms with Crippen molar-refractivity contribution in [2.75, 3.05) is 0 Å². The monoisotopic (exact) mass is 348 g/mol. The van der Waals surface area contributed by atoms with Gasteiger partial charge in [-0.3, -0.25) is 4.79 Å². The fraction of sp³-hybridized carbons (Fsp3) is 0.0625. The highest BCUT2D eigenvalue weighted by molar-refractivity contribution is 9.10. The van der Waals surface area contributed by atoms with Crippen molar-refractivity contribution in [3.05, 3.63) is 68.8 Å². The summed E-state index contributed by atoms with van der Waals surface area (Å²) in [7, 11) is 0. The Morgan fingerprint density at radius 2 is 2.00 bits per heavy atom. The third kappa shape index (κ3) is 2.28. The normalized spacial score (nSPS) is 10.9. The molecular weight excluding hydrogens is 340 g/mol. The first-order chi connectivity index (χ1) is 9.56. The molecule has 0 fully saturated rings. The SMILES string of the molecule is Cc1c(C(=O)c2cccc(Cl)c2)oc2cc(Br)ccc12. The second kappa shape index (κ2) is 5.08. The van der Waals surface area contributed by atoms with Crippen LogP contribution in [0, 0.1) is 6.92 Å². The molecule has 0 amide bonds. The van der Waals surface area contributed by atoms with E-state index in [0.717, 1.165) is 15.4 Å². The van der Waals surface area contributed by atoms with Gasteiger partial charge in [-0.05, 0) is 37.3 Å². The minimum absolute atomic E-state index is 0.155. The van der Waals surface area contributed by atoms with E-state index in [1.165, 1.54) is 0 Å². The number of furan rings is 1. The number of ketones is 1. The van der Waals surface area contributed by atoms with Gasteiger partial charge in [0.15, 0.2) is 5.76 Å². The van der Waals surface area contributed by atoms with Gasteiger partial charge < -0.3 is 4.42 Å². The Morgan fingerprint density at radius 1 is 1.20 bits per heavy atom. The molecule has 0 bridgehead atoms. The van der Waals surface area contributed by atoms with Gasteiger partial charge in [0.05, 0.1) is 0 Å². The van der Waals surface area contributed by atoms with Gasteiger partial charge in [0.2, 0.25) is 5.78 Å². The van der Waals surface area contributed by atoms with Gasteiger partial charge in [-0.15, -0.1) is 0 Å². The molecule has 4 heteroatoms. The topological polar surface area (TPSA) is 30.2 Å². The quantitative estimate of drug-likeness (QED) is 0.581. The molecule has 0 aliphatic carbocycles. The van der Waals surface area contributed by atoms with Crippen molar-refractivity contribution in [2.45, 2.75) is 6.92 Å². The van der Waals surface area contributed by atoms with E-state index in [0.29, 0.717) is 21.9 Å². The maximum atomic E-state index is 12.5. The Balaban J connectivity index is 2.14. The van der Waals surface area contributed by atoms with E-state index in [2.05, 4.69) is 15.9 Å². The fourth-order valence-corrected chi connectivity index (χ4v) is 2.71. The number of hydrogen-bond acceptors (Lipinski definition) is 2. The van der Waals surface area contributed by atoms with Crippen LogP contribution in [0.15, 0.2) is 51.4 Å². The zero-order valence-electron chi connectivity index (χ0n) is 10.6. The average Bonchev–Trinajstić information content (AvgIpc) is 2.74. The minimum Gasteiger partial charge on any atom is -0.452 e. The predicted molar refractivity (Wildman–Crippen MR) is 83.5 cm³/mol. The summed E-state index contributed by atoms with van der Waals surface area (Å²) in [4.78, 5) is 12.5. The largest absolute Gasteiger partial charge is 0.452 e. The van der Waals surface area contributed by atoms with Crippen molar-refractivity contribution in [2.24, 2.45) is 0 Å². The number of aryl methyl sites for hydroxylation is 1. The van der Waals surface area contributed by atoms with E-state index in [1.54, 1.807) is 24.3 Å². The van der Waals surface area contributed by atoms with Gasteiger partial charge in [-0.1, -0.05) is 39.7 Å². The van der Waals surface area contributed by atoms with Gasteiger partial charge in [-0.25, -0.2) is 0 Å². The average molecular weight is 350 g/mol. The molecule has 0 atom stereocenters. The molecule has 3 aromatic rings. The van der Waals surface area contributed by atoms with Gasteiger partial charge in [-0.2, -0.15) is 0 Å². The number of fused-ring (bicyclic) bond motifs is 1. The van der Waals surface area contributed by atoms with E-state index >= 15 is 0 Å². The van der Waals surface area contributed by atoms with E-state index in [9.17, 15) is 4.79 Å². The first kappa shape index (κ1) is 13.4. The summed E-state index contributed by atoms with van der Waals surface area (Å²) in [5, 5.41) is 1.48. The minimum atomic E-state index is -0.155. The molecule has 0 spiro atoms. The van der Waals surface area contributed by atoms with Gasteiger partial charge in [0.1, 0.15) is 5.58 Å². The number of rotatable bonds is 2. The van der Waals surface area contributed by atoms with Crippen LogP contribution in [-0.4, -0.2) is 5.78 Å². The summed E-state index contributed by atoms with van der Waals surface area (Å²) in [5.41, 5.74) is 2.07. The first-order valence-corrected chi connectivity index (χ1v) is 7.22. The molecule has 1 heterocycles. The number of hydrogen-bond donors (Lipinski definition) is 0. The molecule has 2 nitrogen and oxygen atoms in total. The van der Waals surface area contributed by atoms with Crippen molar-refractivity contribution >= 4 is 44.3 Å². The van der Waals surface area contributed by atoms with Crippen molar-refractivity contribution < 1.29 is 9.21 Å². The zero-order chi connectivity index (χ0) is 14.3. The molecule has 100 valence electrons. The lowest BCUT2D eigenvalue weighted by molar-refractivity contribution is 0.101. The maximum Gasteiger partial charge on any atom is 0.228 e. The van der Waals surface area contributed by atoms with Crippen LogP contribution in [0.5, 0.6) is 0 Å². The molecule has 0 N–H and O–H groups in total. The Morgan fingerprint density at radius 3 is 2.75 bits per heavy atom. The lowest BCUT2D eigenvalue weighted by Crippen LogP contribution is -2.01. The Kier molecular flexibility index (Phi) is 3.40. The van der Waals surface area contributed by atoms with Crippen molar-refractivity contribution in [3.8, 4) is 0 Å². The summed E-state index contributed by atoms with van der Waals surface area (Å²) in [6.45, 7) is 1.89. The Hall–Kier alpha value is -1.58.